The Morgan fingerprint density at radius 1 is 1.29 bits per heavy atom. The largest absolute Gasteiger partial charge is 0.458 e. The summed E-state index contributed by atoms with van der Waals surface area (Å²) < 4.78 is 10.4. The van der Waals surface area contributed by atoms with E-state index in [2.05, 4.69) is 13.8 Å². The summed E-state index contributed by atoms with van der Waals surface area (Å²) in [6, 6.07) is 0. The predicted molar refractivity (Wildman–Crippen MR) is 62.8 cm³/mol. The summed E-state index contributed by atoms with van der Waals surface area (Å²) in [6.45, 7) is 9.09. The summed E-state index contributed by atoms with van der Waals surface area (Å²) >= 11 is 0. The Morgan fingerprint density at radius 2 is 1.94 bits per heavy atom. The molecule has 4 heteroatoms. The minimum atomic E-state index is -0.361. The van der Waals surface area contributed by atoms with E-state index in [9.17, 15) is 9.59 Å². The molecule has 0 aliphatic heterocycles. The first kappa shape index (κ1) is 14.0. The average Bonchev–Trinajstić information content (AvgIpc) is 2.22. The van der Waals surface area contributed by atoms with Crippen LogP contribution in [0.15, 0.2) is 0 Å². The summed E-state index contributed by atoms with van der Waals surface area (Å²) in [6.07, 6.45) is 1.28. The van der Waals surface area contributed by atoms with E-state index in [1.54, 1.807) is 0 Å². The fraction of sp³-hybridized carbons (Fsp3) is 0.846. The third kappa shape index (κ3) is 3.45. The Labute approximate surface area is 103 Å². The molecule has 4 unspecified atom stereocenters. The molecule has 0 aromatic carbocycles. The molecular weight excluding hydrogens is 220 g/mol. The lowest BCUT2D eigenvalue weighted by Crippen LogP contribution is -2.48. The molecule has 0 heterocycles. The summed E-state index contributed by atoms with van der Waals surface area (Å²) in [5.74, 6) is 0.508. The number of rotatable bonds is 4. The zero-order chi connectivity index (χ0) is 13.0. The van der Waals surface area contributed by atoms with Crippen molar-refractivity contribution in [3.8, 4) is 0 Å². The second kappa shape index (κ2) is 6.03. The maximum Gasteiger partial charge on any atom is 0.417 e. The van der Waals surface area contributed by atoms with Crippen LogP contribution in [0.3, 0.4) is 0 Å². The van der Waals surface area contributed by atoms with Crippen LogP contribution in [0.1, 0.15) is 40.5 Å². The summed E-state index contributed by atoms with van der Waals surface area (Å²) in [4.78, 5) is 21.6. The minimum absolute atomic E-state index is 0.215. The van der Waals surface area contributed by atoms with Crippen molar-refractivity contribution in [1.29, 1.82) is 0 Å². The average molecular weight is 241 g/mol. The molecule has 17 heavy (non-hydrogen) atoms. The van der Waals surface area contributed by atoms with Crippen LogP contribution in [0, 0.1) is 17.8 Å². The van der Waals surface area contributed by atoms with Crippen LogP contribution >= 0.6 is 0 Å². The van der Waals surface area contributed by atoms with Crippen LogP contribution in [-0.2, 0) is 19.1 Å². The van der Waals surface area contributed by atoms with Crippen LogP contribution in [0.4, 0.5) is 0 Å². The Morgan fingerprint density at radius 3 is 2.41 bits per heavy atom. The molecule has 0 saturated heterocycles. The highest BCUT2D eigenvalue weighted by Gasteiger charge is 2.42. The smallest absolute Gasteiger partial charge is 0.417 e. The minimum Gasteiger partial charge on any atom is -0.458 e. The van der Waals surface area contributed by atoms with Gasteiger partial charge in [0.25, 0.3) is 0 Å². The molecule has 4 atom stereocenters. The molecule has 0 aromatic rings. The molecule has 1 saturated carbocycles. The second-order valence-corrected chi connectivity index (χ2v) is 5.20. The van der Waals surface area contributed by atoms with Crippen molar-refractivity contribution in [2.24, 2.45) is 17.8 Å². The van der Waals surface area contributed by atoms with Crippen molar-refractivity contribution in [3.63, 3.8) is 0 Å². The molecule has 1 fully saturated rings. The van der Waals surface area contributed by atoms with Gasteiger partial charge in [0, 0.05) is 12.8 Å². The van der Waals surface area contributed by atoms with Gasteiger partial charge in [-0.25, -0.2) is 4.79 Å². The summed E-state index contributed by atoms with van der Waals surface area (Å²) in [7, 11) is 0. The van der Waals surface area contributed by atoms with Gasteiger partial charge in [-0.2, -0.15) is 0 Å². The zero-order valence-electron chi connectivity index (χ0n) is 10.9. The van der Waals surface area contributed by atoms with E-state index >= 15 is 0 Å². The van der Waals surface area contributed by atoms with Gasteiger partial charge in [-0.15, -0.1) is 0 Å². The third-order valence-corrected chi connectivity index (χ3v) is 3.60. The first-order valence-electron chi connectivity index (χ1n) is 6.17. The molecule has 1 aliphatic rings. The molecule has 0 bridgehead atoms. The lowest BCUT2D eigenvalue weighted by Gasteiger charge is -2.41. The van der Waals surface area contributed by atoms with Crippen LogP contribution in [0.5, 0.6) is 0 Å². The number of esters is 1. The first-order valence-corrected chi connectivity index (χ1v) is 6.17. The lowest BCUT2D eigenvalue weighted by atomic mass is 9.73. The normalized spacial score (nSPS) is 33.2. The van der Waals surface area contributed by atoms with Gasteiger partial charge in [0.15, 0.2) is 0 Å². The molecular formula is C13H21O4. The number of ether oxygens (including phenoxy) is 2. The fourth-order valence-corrected chi connectivity index (χ4v) is 2.65. The zero-order valence-corrected chi connectivity index (χ0v) is 10.9. The topological polar surface area (TPSA) is 52.6 Å². The van der Waals surface area contributed by atoms with Crippen LogP contribution < -0.4 is 0 Å². The van der Waals surface area contributed by atoms with E-state index in [4.69, 9.17) is 9.47 Å². The van der Waals surface area contributed by atoms with E-state index in [1.807, 2.05) is 6.92 Å². The Balaban J connectivity index is 2.85. The highest BCUT2D eigenvalue weighted by molar-refractivity contribution is 5.66. The van der Waals surface area contributed by atoms with Gasteiger partial charge in [0.05, 0.1) is 0 Å². The molecule has 4 nitrogen and oxygen atoms in total. The van der Waals surface area contributed by atoms with E-state index in [0.29, 0.717) is 5.92 Å². The van der Waals surface area contributed by atoms with Crippen molar-refractivity contribution < 1.29 is 19.1 Å². The molecule has 0 spiro atoms. The number of carbonyl (C=O) groups is 1. The predicted octanol–water partition coefficient (Wildman–Crippen LogP) is 2.07. The fourth-order valence-electron chi connectivity index (χ4n) is 2.65. The maximum atomic E-state index is 11.1. The van der Waals surface area contributed by atoms with Crippen molar-refractivity contribution in [1.82, 2.24) is 0 Å². The standard InChI is InChI=1S/C13H21O4/c1-8(2)11-6-5-9(3)12(17-10(4)15)13(11)16-7-14/h8-9,11-13H,5-6H2,1-4H3. The second-order valence-electron chi connectivity index (χ2n) is 5.20. The Bertz CT molecular complexity index is 275. The molecule has 1 radical (unpaired) electrons. The van der Waals surface area contributed by atoms with Crippen molar-refractivity contribution in [2.75, 3.05) is 0 Å². The van der Waals surface area contributed by atoms with E-state index in [1.165, 1.54) is 13.4 Å². The van der Waals surface area contributed by atoms with E-state index in [-0.39, 0.29) is 30.0 Å². The number of hydrogen-bond donors (Lipinski definition) is 0. The molecule has 0 N–H and O–H groups in total. The Kier molecular flexibility index (Phi) is 4.97. The van der Waals surface area contributed by atoms with Crippen molar-refractivity contribution in [3.05, 3.63) is 0 Å². The SMILES string of the molecule is CC(=O)OC1C(C)CCC(C(C)C)C1O[C]=O. The van der Waals surface area contributed by atoms with Gasteiger partial charge in [0.1, 0.15) is 12.2 Å². The van der Waals surface area contributed by atoms with E-state index in [0.717, 1.165) is 12.8 Å². The monoisotopic (exact) mass is 241 g/mol. The van der Waals surface area contributed by atoms with Gasteiger partial charge >= 0.3 is 12.4 Å². The van der Waals surface area contributed by atoms with Crippen molar-refractivity contribution >= 4 is 12.4 Å². The van der Waals surface area contributed by atoms with Crippen LogP contribution in [-0.4, -0.2) is 24.6 Å². The molecule has 97 valence electrons. The Hall–Kier alpha value is -1.06. The maximum absolute atomic E-state index is 11.1. The molecule has 1 aliphatic carbocycles. The van der Waals surface area contributed by atoms with E-state index < -0.39 is 0 Å². The van der Waals surface area contributed by atoms with Crippen molar-refractivity contribution in [2.45, 2.75) is 52.7 Å². The van der Waals surface area contributed by atoms with Gasteiger partial charge in [-0.3, -0.25) is 4.79 Å². The highest BCUT2D eigenvalue weighted by Crippen LogP contribution is 2.37. The number of carbonyl (C=O) groups excluding carboxylic acids is 2. The highest BCUT2D eigenvalue weighted by atomic mass is 16.6. The van der Waals surface area contributed by atoms with Crippen LogP contribution in [0.2, 0.25) is 0 Å². The van der Waals surface area contributed by atoms with Crippen LogP contribution in [0.25, 0.3) is 0 Å². The third-order valence-electron chi connectivity index (χ3n) is 3.60. The van der Waals surface area contributed by atoms with Gasteiger partial charge < -0.3 is 9.47 Å². The number of hydrogen-bond acceptors (Lipinski definition) is 4. The van der Waals surface area contributed by atoms with Gasteiger partial charge in [0.2, 0.25) is 0 Å². The first-order chi connectivity index (χ1) is 7.97. The van der Waals surface area contributed by atoms with Gasteiger partial charge in [-0.1, -0.05) is 20.8 Å². The van der Waals surface area contributed by atoms with Gasteiger partial charge in [-0.05, 0) is 24.7 Å². The summed E-state index contributed by atoms with van der Waals surface area (Å²) in [5.41, 5.74) is 0. The molecule has 1 rings (SSSR count). The summed E-state index contributed by atoms with van der Waals surface area (Å²) in [5, 5.41) is 0. The lowest BCUT2D eigenvalue weighted by molar-refractivity contribution is -0.164. The molecule has 0 amide bonds. The quantitative estimate of drug-likeness (QED) is 0.707. The molecule has 0 aromatic heterocycles.